The third-order valence-electron chi connectivity index (χ3n) is 4.82. The van der Waals surface area contributed by atoms with Crippen LogP contribution in [-0.2, 0) is 21.4 Å². The van der Waals surface area contributed by atoms with Crippen molar-refractivity contribution < 1.29 is 17.7 Å². The largest absolute Gasteiger partial charge is 0.360 e. The minimum Gasteiger partial charge on any atom is -0.360 e. The Morgan fingerprint density at radius 1 is 1.41 bits per heavy atom. The summed E-state index contributed by atoms with van der Waals surface area (Å²) in [5.41, 5.74) is 1.28. The van der Waals surface area contributed by atoms with E-state index in [2.05, 4.69) is 10.1 Å². The van der Waals surface area contributed by atoms with E-state index in [1.54, 1.807) is 38.2 Å². The molecule has 0 radical (unpaired) electrons. The average molecular weight is 392 g/mol. The number of aryl methyl sites for hydroxylation is 2. The van der Waals surface area contributed by atoms with E-state index < -0.39 is 10.0 Å². The third-order valence-corrected chi connectivity index (χ3v) is 6.93. The van der Waals surface area contributed by atoms with Crippen LogP contribution in [0.1, 0.15) is 29.9 Å². The lowest BCUT2D eigenvalue weighted by atomic mass is 9.98. The Hall–Kier alpha value is -2.26. The number of aromatic nitrogens is 2. The van der Waals surface area contributed by atoms with Gasteiger partial charge >= 0.3 is 0 Å². The molecule has 0 saturated carbocycles. The van der Waals surface area contributed by atoms with Gasteiger partial charge < -0.3 is 9.42 Å². The molecular weight excluding hydrogens is 368 g/mol. The summed E-state index contributed by atoms with van der Waals surface area (Å²) in [5, 5.41) is 3.74. The summed E-state index contributed by atoms with van der Waals surface area (Å²) in [6.07, 6.45) is 4.71. The molecule has 0 aromatic carbocycles. The molecule has 2 aromatic rings. The summed E-state index contributed by atoms with van der Waals surface area (Å²) in [6, 6.07) is 3.73. The quantitative estimate of drug-likeness (QED) is 0.769. The second kappa shape index (κ2) is 7.77. The molecule has 2 aromatic heterocycles. The second-order valence-corrected chi connectivity index (χ2v) is 8.79. The van der Waals surface area contributed by atoms with Gasteiger partial charge in [-0.05, 0) is 38.3 Å². The molecule has 0 spiro atoms. The maximum Gasteiger partial charge on any atom is 0.248 e. The fourth-order valence-electron chi connectivity index (χ4n) is 3.49. The van der Waals surface area contributed by atoms with Crippen LogP contribution in [0.5, 0.6) is 0 Å². The van der Waals surface area contributed by atoms with Crippen molar-refractivity contribution >= 4 is 15.9 Å². The van der Waals surface area contributed by atoms with Crippen molar-refractivity contribution in [1.82, 2.24) is 19.3 Å². The van der Waals surface area contributed by atoms with E-state index >= 15 is 0 Å². The molecular formula is C18H24N4O4S. The van der Waals surface area contributed by atoms with Gasteiger partial charge in [0.05, 0.1) is 5.92 Å². The van der Waals surface area contributed by atoms with Gasteiger partial charge in [-0.25, -0.2) is 8.42 Å². The smallest absolute Gasteiger partial charge is 0.248 e. The standard InChI is InChI=1S/C18H24N4O4S/c1-13-17(14(2)26-20-13)27(24,25)22-9-5-7-16(12-22)18(23)21(3)11-15-6-4-8-19-10-15/h4,6,8,10,16H,5,7,9,11-12H2,1-3H3. The number of amides is 1. The van der Waals surface area contributed by atoms with Gasteiger partial charge in [-0.3, -0.25) is 9.78 Å². The van der Waals surface area contributed by atoms with E-state index in [4.69, 9.17) is 4.52 Å². The summed E-state index contributed by atoms with van der Waals surface area (Å²) in [7, 11) is -2.00. The third kappa shape index (κ3) is 4.03. The van der Waals surface area contributed by atoms with Crippen molar-refractivity contribution in [1.29, 1.82) is 0 Å². The van der Waals surface area contributed by atoms with Crippen LogP contribution >= 0.6 is 0 Å². The van der Waals surface area contributed by atoms with Crippen LogP contribution < -0.4 is 0 Å². The maximum absolute atomic E-state index is 13.0. The molecule has 3 heterocycles. The predicted octanol–water partition coefficient (Wildman–Crippen LogP) is 1.75. The Labute approximate surface area is 159 Å². The molecule has 1 amide bonds. The van der Waals surface area contributed by atoms with E-state index in [-0.39, 0.29) is 29.0 Å². The van der Waals surface area contributed by atoms with Crippen LogP contribution in [0.4, 0.5) is 0 Å². The van der Waals surface area contributed by atoms with Gasteiger partial charge in [0.2, 0.25) is 15.9 Å². The predicted molar refractivity (Wildman–Crippen MR) is 98.2 cm³/mol. The molecule has 146 valence electrons. The summed E-state index contributed by atoms with van der Waals surface area (Å²) in [5.74, 6) is -0.150. The number of piperidine rings is 1. The van der Waals surface area contributed by atoms with Gasteiger partial charge in [-0.1, -0.05) is 11.2 Å². The molecule has 27 heavy (non-hydrogen) atoms. The number of carbonyl (C=O) groups excluding carboxylic acids is 1. The van der Waals surface area contributed by atoms with Crippen molar-refractivity contribution in [2.45, 2.75) is 38.1 Å². The van der Waals surface area contributed by atoms with E-state index in [1.807, 2.05) is 12.1 Å². The Balaban J connectivity index is 1.73. The maximum atomic E-state index is 13.0. The van der Waals surface area contributed by atoms with Crippen molar-refractivity contribution in [2.24, 2.45) is 5.92 Å². The first-order chi connectivity index (χ1) is 12.8. The van der Waals surface area contributed by atoms with E-state index in [0.717, 1.165) is 5.56 Å². The number of hydrogen-bond acceptors (Lipinski definition) is 6. The first kappa shape index (κ1) is 19.5. The van der Waals surface area contributed by atoms with Crippen LogP contribution in [0.25, 0.3) is 0 Å². The molecule has 0 N–H and O–H groups in total. The van der Waals surface area contributed by atoms with Gasteiger partial charge in [0.1, 0.15) is 10.6 Å². The number of nitrogens with zero attached hydrogens (tertiary/aromatic N) is 4. The molecule has 3 rings (SSSR count). The van der Waals surface area contributed by atoms with E-state index in [9.17, 15) is 13.2 Å². The zero-order chi connectivity index (χ0) is 19.6. The highest BCUT2D eigenvalue weighted by Crippen LogP contribution is 2.28. The zero-order valence-corrected chi connectivity index (χ0v) is 16.6. The molecule has 1 saturated heterocycles. The molecule has 1 aliphatic heterocycles. The van der Waals surface area contributed by atoms with Crippen LogP contribution in [0.2, 0.25) is 0 Å². The number of sulfonamides is 1. The van der Waals surface area contributed by atoms with Gasteiger partial charge in [0.25, 0.3) is 0 Å². The van der Waals surface area contributed by atoms with E-state index in [0.29, 0.717) is 31.6 Å². The minimum absolute atomic E-state index is 0.0579. The Kier molecular flexibility index (Phi) is 5.61. The molecule has 0 aliphatic carbocycles. The lowest BCUT2D eigenvalue weighted by Crippen LogP contribution is -2.45. The van der Waals surface area contributed by atoms with Gasteiger partial charge in [-0.15, -0.1) is 0 Å². The average Bonchev–Trinajstić information content (AvgIpc) is 3.01. The minimum atomic E-state index is -3.73. The van der Waals surface area contributed by atoms with Crippen LogP contribution in [0.15, 0.2) is 33.9 Å². The van der Waals surface area contributed by atoms with E-state index in [1.165, 1.54) is 4.31 Å². The van der Waals surface area contributed by atoms with Gasteiger partial charge in [0, 0.05) is 39.1 Å². The normalized spacial score (nSPS) is 18.4. The fourth-order valence-corrected chi connectivity index (χ4v) is 5.30. The summed E-state index contributed by atoms with van der Waals surface area (Å²) in [6.45, 7) is 4.20. The highest BCUT2D eigenvalue weighted by atomic mass is 32.2. The number of rotatable bonds is 5. The number of hydrogen-bond donors (Lipinski definition) is 0. The van der Waals surface area contributed by atoms with Gasteiger partial charge in [0.15, 0.2) is 5.76 Å². The Morgan fingerprint density at radius 2 is 2.19 bits per heavy atom. The summed E-state index contributed by atoms with van der Waals surface area (Å²) >= 11 is 0. The van der Waals surface area contributed by atoms with Crippen LogP contribution in [-0.4, -0.2) is 53.8 Å². The summed E-state index contributed by atoms with van der Waals surface area (Å²) < 4.78 is 32.4. The number of carbonyl (C=O) groups is 1. The van der Waals surface area contributed by atoms with Crippen molar-refractivity contribution in [2.75, 3.05) is 20.1 Å². The molecule has 1 fully saturated rings. The SMILES string of the molecule is Cc1noc(C)c1S(=O)(=O)N1CCCC(C(=O)N(C)Cc2cccnc2)C1. The first-order valence-electron chi connectivity index (χ1n) is 8.87. The van der Waals surface area contributed by atoms with Crippen molar-refractivity contribution in [3.05, 3.63) is 41.5 Å². The van der Waals surface area contributed by atoms with Crippen LogP contribution in [0.3, 0.4) is 0 Å². The lowest BCUT2D eigenvalue weighted by molar-refractivity contribution is -0.135. The molecule has 8 nitrogen and oxygen atoms in total. The van der Waals surface area contributed by atoms with Crippen LogP contribution in [0, 0.1) is 19.8 Å². The molecule has 1 aliphatic rings. The molecule has 1 atom stereocenters. The second-order valence-electron chi connectivity index (χ2n) is 6.91. The molecule has 9 heteroatoms. The monoisotopic (exact) mass is 392 g/mol. The summed E-state index contributed by atoms with van der Waals surface area (Å²) in [4.78, 5) is 18.7. The Morgan fingerprint density at radius 3 is 2.81 bits per heavy atom. The molecule has 0 bridgehead atoms. The first-order valence-corrected chi connectivity index (χ1v) is 10.3. The van der Waals surface area contributed by atoms with Crippen molar-refractivity contribution in [3.8, 4) is 0 Å². The lowest BCUT2D eigenvalue weighted by Gasteiger charge is -2.33. The van der Waals surface area contributed by atoms with Gasteiger partial charge in [-0.2, -0.15) is 4.31 Å². The fraction of sp³-hybridized carbons (Fsp3) is 0.500. The van der Waals surface area contributed by atoms with Crippen molar-refractivity contribution in [3.63, 3.8) is 0 Å². The molecule has 1 unspecified atom stereocenters. The zero-order valence-electron chi connectivity index (χ0n) is 15.8. The highest BCUT2D eigenvalue weighted by Gasteiger charge is 2.37. The topological polar surface area (TPSA) is 96.6 Å². The Bertz CT molecular complexity index is 891. The number of pyridine rings is 1. The highest BCUT2D eigenvalue weighted by molar-refractivity contribution is 7.89.